The van der Waals surface area contributed by atoms with Gasteiger partial charge in [0.25, 0.3) is 17.3 Å². The molecule has 10 nitrogen and oxygen atoms in total. The number of fused-ring (bicyclic) bond motifs is 1. The average Bonchev–Trinajstić information content (AvgIpc) is 3.23. The molecule has 2 aromatic carbocycles. The topological polar surface area (TPSA) is 132 Å². The van der Waals surface area contributed by atoms with Crippen LogP contribution in [0, 0.1) is 26.0 Å². The van der Waals surface area contributed by atoms with E-state index in [0.717, 1.165) is 34.4 Å². The lowest BCUT2D eigenvalue weighted by Crippen LogP contribution is -2.30. The Labute approximate surface area is 182 Å². The molecule has 0 aliphatic heterocycles. The van der Waals surface area contributed by atoms with Crippen LogP contribution in [0.5, 0.6) is 0 Å². The molecular weight excluding hydrogens is 441 g/mol. The SMILES string of the molecule is O=C(c1cc([N+](=O)[O-])cc([N+](=O)[O-])c1)N(Cc1ccccn1)c1nc2c(F)cccc2s1. The van der Waals surface area contributed by atoms with Gasteiger partial charge in [-0.15, -0.1) is 0 Å². The molecule has 0 radical (unpaired) electrons. The zero-order valence-corrected chi connectivity index (χ0v) is 16.9. The molecule has 0 spiro atoms. The monoisotopic (exact) mass is 453 g/mol. The summed E-state index contributed by atoms with van der Waals surface area (Å²) < 4.78 is 14.7. The highest BCUT2D eigenvalue weighted by molar-refractivity contribution is 7.22. The first-order valence-corrected chi connectivity index (χ1v) is 9.86. The number of rotatable bonds is 6. The number of thiazole rings is 1. The largest absolute Gasteiger partial charge is 0.278 e. The van der Waals surface area contributed by atoms with Crippen LogP contribution in [0.4, 0.5) is 20.9 Å². The molecule has 0 saturated carbocycles. The van der Waals surface area contributed by atoms with Crippen molar-refractivity contribution in [3.63, 3.8) is 0 Å². The average molecular weight is 453 g/mol. The molecule has 32 heavy (non-hydrogen) atoms. The van der Waals surface area contributed by atoms with Crippen molar-refractivity contribution < 1.29 is 19.0 Å². The molecule has 160 valence electrons. The van der Waals surface area contributed by atoms with E-state index in [-0.39, 0.29) is 22.8 Å². The van der Waals surface area contributed by atoms with E-state index in [4.69, 9.17) is 0 Å². The van der Waals surface area contributed by atoms with Crippen LogP contribution in [-0.4, -0.2) is 25.7 Å². The van der Waals surface area contributed by atoms with Crippen molar-refractivity contribution in [2.45, 2.75) is 6.54 Å². The van der Waals surface area contributed by atoms with Gasteiger partial charge in [-0.2, -0.15) is 0 Å². The van der Waals surface area contributed by atoms with Crippen molar-refractivity contribution in [3.8, 4) is 0 Å². The second-order valence-corrected chi connectivity index (χ2v) is 7.56. The van der Waals surface area contributed by atoms with Crippen LogP contribution in [0.2, 0.25) is 0 Å². The number of para-hydroxylation sites is 1. The van der Waals surface area contributed by atoms with Crippen LogP contribution in [0.3, 0.4) is 0 Å². The number of aromatic nitrogens is 2. The number of nitro benzene ring substituents is 2. The van der Waals surface area contributed by atoms with Crippen LogP contribution in [0.25, 0.3) is 10.2 Å². The van der Waals surface area contributed by atoms with Gasteiger partial charge in [-0.25, -0.2) is 9.37 Å². The Bertz CT molecular complexity index is 1330. The van der Waals surface area contributed by atoms with Gasteiger partial charge >= 0.3 is 0 Å². The molecule has 4 rings (SSSR count). The van der Waals surface area contributed by atoms with Crippen molar-refractivity contribution >= 4 is 44.0 Å². The van der Waals surface area contributed by atoms with Crippen molar-refractivity contribution in [1.82, 2.24) is 9.97 Å². The molecular formula is C20H12FN5O5S. The number of pyridine rings is 1. The molecule has 2 heterocycles. The fourth-order valence-corrected chi connectivity index (χ4v) is 3.96. The Morgan fingerprint density at radius 3 is 2.34 bits per heavy atom. The van der Waals surface area contributed by atoms with Gasteiger partial charge in [0, 0.05) is 18.3 Å². The zero-order valence-electron chi connectivity index (χ0n) is 16.0. The van der Waals surface area contributed by atoms with Crippen molar-refractivity contribution in [2.75, 3.05) is 4.90 Å². The first kappa shape index (κ1) is 20.9. The molecule has 0 N–H and O–H groups in total. The maximum Gasteiger partial charge on any atom is 0.277 e. The normalized spacial score (nSPS) is 10.8. The molecule has 0 unspecified atom stereocenters. The molecule has 0 saturated heterocycles. The third-order valence-electron chi connectivity index (χ3n) is 4.45. The van der Waals surface area contributed by atoms with E-state index < -0.39 is 32.9 Å². The second kappa shape index (κ2) is 8.43. The number of amides is 1. The predicted molar refractivity (Wildman–Crippen MR) is 114 cm³/mol. The van der Waals surface area contributed by atoms with Gasteiger partial charge in [-0.3, -0.25) is 34.9 Å². The van der Waals surface area contributed by atoms with Gasteiger partial charge in [0.05, 0.1) is 38.4 Å². The number of carbonyl (C=O) groups excluding carboxylic acids is 1. The highest BCUT2D eigenvalue weighted by Gasteiger charge is 2.27. The van der Waals surface area contributed by atoms with Gasteiger partial charge < -0.3 is 0 Å². The van der Waals surface area contributed by atoms with E-state index in [0.29, 0.717) is 10.4 Å². The summed E-state index contributed by atoms with van der Waals surface area (Å²) in [7, 11) is 0. The number of non-ortho nitro benzene ring substituents is 2. The number of benzene rings is 2. The first-order valence-electron chi connectivity index (χ1n) is 9.04. The summed E-state index contributed by atoms with van der Waals surface area (Å²) in [5.74, 6) is -1.34. The van der Waals surface area contributed by atoms with Crippen LogP contribution in [0.15, 0.2) is 60.8 Å². The summed E-state index contributed by atoms with van der Waals surface area (Å²) >= 11 is 1.04. The summed E-state index contributed by atoms with van der Waals surface area (Å²) in [4.78, 5) is 43.8. The number of anilines is 1. The summed E-state index contributed by atoms with van der Waals surface area (Å²) in [6, 6.07) is 12.1. The second-order valence-electron chi connectivity index (χ2n) is 6.55. The quantitative estimate of drug-likeness (QED) is 0.310. The third kappa shape index (κ3) is 4.11. The van der Waals surface area contributed by atoms with E-state index in [1.165, 1.54) is 18.3 Å². The van der Waals surface area contributed by atoms with E-state index in [9.17, 15) is 29.4 Å². The Morgan fingerprint density at radius 1 is 1.03 bits per heavy atom. The van der Waals surface area contributed by atoms with Gasteiger partial charge in [-0.05, 0) is 24.3 Å². The minimum Gasteiger partial charge on any atom is -0.278 e. The van der Waals surface area contributed by atoms with Gasteiger partial charge in [0.1, 0.15) is 11.3 Å². The Kier molecular flexibility index (Phi) is 5.52. The van der Waals surface area contributed by atoms with Crippen molar-refractivity contribution in [2.24, 2.45) is 0 Å². The molecule has 0 atom stereocenters. The molecule has 2 aromatic heterocycles. The first-order chi connectivity index (χ1) is 15.3. The lowest BCUT2D eigenvalue weighted by Gasteiger charge is -2.19. The fraction of sp³-hybridized carbons (Fsp3) is 0.0500. The summed E-state index contributed by atoms with van der Waals surface area (Å²) in [6.45, 7) is -0.0857. The zero-order chi connectivity index (χ0) is 22.8. The van der Waals surface area contributed by atoms with Gasteiger partial charge in [0.15, 0.2) is 5.13 Å². The maximum atomic E-state index is 14.2. The molecule has 0 bridgehead atoms. The lowest BCUT2D eigenvalue weighted by atomic mass is 10.1. The number of hydrogen-bond acceptors (Lipinski definition) is 8. The Morgan fingerprint density at radius 2 is 1.75 bits per heavy atom. The Balaban J connectivity index is 1.84. The standard InChI is InChI=1S/C20H12FN5O5S/c21-16-5-3-6-17-18(16)23-20(32-17)24(11-13-4-1-2-7-22-13)19(27)12-8-14(25(28)29)10-15(9-12)26(30)31/h1-10H,11H2. The Hall–Kier alpha value is -4.32. The van der Waals surface area contributed by atoms with Gasteiger partial charge in [-0.1, -0.05) is 23.5 Å². The fourth-order valence-electron chi connectivity index (χ4n) is 2.98. The van der Waals surface area contributed by atoms with Crippen LogP contribution >= 0.6 is 11.3 Å². The minimum atomic E-state index is -0.820. The number of halogens is 1. The highest BCUT2D eigenvalue weighted by Crippen LogP contribution is 2.33. The van der Waals surface area contributed by atoms with Crippen molar-refractivity contribution in [1.29, 1.82) is 0 Å². The van der Waals surface area contributed by atoms with Crippen molar-refractivity contribution in [3.05, 3.63) is 98.1 Å². The lowest BCUT2D eigenvalue weighted by molar-refractivity contribution is -0.394. The maximum absolute atomic E-state index is 14.2. The van der Waals surface area contributed by atoms with E-state index >= 15 is 0 Å². The number of carbonyl (C=O) groups is 1. The molecule has 0 aliphatic rings. The number of nitrogens with zero attached hydrogens (tertiary/aromatic N) is 5. The van der Waals surface area contributed by atoms with Crippen LogP contribution in [-0.2, 0) is 6.54 Å². The van der Waals surface area contributed by atoms with Gasteiger partial charge in [0.2, 0.25) is 0 Å². The van der Waals surface area contributed by atoms with E-state index in [1.807, 2.05) is 0 Å². The smallest absolute Gasteiger partial charge is 0.277 e. The third-order valence-corrected chi connectivity index (χ3v) is 5.50. The van der Waals surface area contributed by atoms with E-state index in [2.05, 4.69) is 9.97 Å². The summed E-state index contributed by atoms with van der Waals surface area (Å²) in [5.41, 5.74) is -0.940. The predicted octanol–water partition coefficient (Wildman–Crippen LogP) is 4.49. The molecule has 4 aromatic rings. The summed E-state index contributed by atoms with van der Waals surface area (Å²) in [6.07, 6.45) is 1.52. The molecule has 0 aliphatic carbocycles. The molecule has 0 fully saturated rings. The highest BCUT2D eigenvalue weighted by atomic mass is 32.1. The minimum absolute atomic E-state index is 0.0661. The molecule has 12 heteroatoms. The van der Waals surface area contributed by atoms with Crippen LogP contribution < -0.4 is 4.90 Å². The van der Waals surface area contributed by atoms with Crippen LogP contribution in [0.1, 0.15) is 16.1 Å². The molecule has 1 amide bonds. The number of nitro groups is 2. The summed E-state index contributed by atoms with van der Waals surface area (Å²) in [5, 5.41) is 22.6. The van der Waals surface area contributed by atoms with E-state index in [1.54, 1.807) is 24.3 Å². The number of hydrogen-bond donors (Lipinski definition) is 0.